The zero-order valence-corrected chi connectivity index (χ0v) is 19.1. The summed E-state index contributed by atoms with van der Waals surface area (Å²) in [5.41, 5.74) is 1.94. The fourth-order valence-corrected chi connectivity index (χ4v) is 5.83. The van der Waals surface area contributed by atoms with Crippen LogP contribution in [-0.4, -0.2) is 74.1 Å². The maximum Gasteiger partial charge on any atom is 0.136 e. The van der Waals surface area contributed by atoms with Crippen molar-refractivity contribution in [2.24, 2.45) is 5.41 Å². The largest absolute Gasteiger partial charge is 0.379 e. The lowest BCUT2D eigenvalue weighted by molar-refractivity contribution is -0.110. The van der Waals surface area contributed by atoms with Crippen molar-refractivity contribution >= 4 is 6.29 Å². The minimum atomic E-state index is 0.0295. The van der Waals surface area contributed by atoms with Gasteiger partial charge in [-0.1, -0.05) is 36.8 Å². The minimum Gasteiger partial charge on any atom is -0.379 e. The van der Waals surface area contributed by atoms with Gasteiger partial charge in [0, 0.05) is 32.2 Å². The van der Waals surface area contributed by atoms with Crippen molar-refractivity contribution in [1.29, 1.82) is 0 Å². The number of unbranched alkanes of at least 4 members (excludes halogenated alkanes) is 1. The van der Waals surface area contributed by atoms with Gasteiger partial charge in [0.15, 0.2) is 0 Å². The zero-order valence-electron chi connectivity index (χ0n) is 19.1. The smallest absolute Gasteiger partial charge is 0.136 e. The normalized spacial score (nSPS) is 28.7. The van der Waals surface area contributed by atoms with Crippen molar-refractivity contribution in [3.8, 4) is 0 Å². The third-order valence-corrected chi connectivity index (χ3v) is 7.77. The molecule has 0 amide bonds. The fourth-order valence-electron chi connectivity index (χ4n) is 5.83. The molecule has 2 aliphatic heterocycles. The van der Waals surface area contributed by atoms with Gasteiger partial charge in [0.25, 0.3) is 0 Å². The molecular formula is C26H41N3O2. The van der Waals surface area contributed by atoms with Crippen LogP contribution >= 0.6 is 0 Å². The van der Waals surface area contributed by atoms with Crippen LogP contribution in [0.2, 0.25) is 0 Å². The topological polar surface area (TPSA) is 44.8 Å². The molecule has 5 nitrogen and oxygen atoms in total. The van der Waals surface area contributed by atoms with Crippen LogP contribution in [0, 0.1) is 5.41 Å². The molecule has 1 aromatic rings. The van der Waals surface area contributed by atoms with Crippen LogP contribution in [-0.2, 0) is 16.1 Å². The number of aldehydes is 1. The van der Waals surface area contributed by atoms with Gasteiger partial charge in [-0.3, -0.25) is 9.80 Å². The Hall–Kier alpha value is -1.27. The molecule has 1 aliphatic carbocycles. The second-order valence-corrected chi connectivity index (χ2v) is 10.1. The first-order chi connectivity index (χ1) is 15.2. The average Bonchev–Trinajstić information content (AvgIpc) is 3.20. The molecule has 172 valence electrons. The van der Waals surface area contributed by atoms with Gasteiger partial charge in [-0.05, 0) is 69.0 Å². The van der Waals surface area contributed by atoms with Gasteiger partial charge in [-0.25, -0.2) is 0 Å². The number of likely N-dealkylation sites (tertiary alicyclic amines) is 1. The summed E-state index contributed by atoms with van der Waals surface area (Å²) in [6.45, 7) is 8.55. The van der Waals surface area contributed by atoms with Gasteiger partial charge in [-0.15, -0.1) is 0 Å². The number of nitrogens with zero attached hydrogens (tertiary/aromatic N) is 2. The van der Waals surface area contributed by atoms with Crippen LogP contribution in [0.1, 0.15) is 56.9 Å². The lowest BCUT2D eigenvalue weighted by atomic mass is 9.72. The van der Waals surface area contributed by atoms with Crippen molar-refractivity contribution in [1.82, 2.24) is 15.1 Å². The van der Waals surface area contributed by atoms with E-state index in [4.69, 9.17) is 4.74 Å². The summed E-state index contributed by atoms with van der Waals surface area (Å²) >= 11 is 0. The Labute approximate surface area is 188 Å². The summed E-state index contributed by atoms with van der Waals surface area (Å²) in [7, 11) is 0. The molecule has 0 aromatic heterocycles. The summed E-state index contributed by atoms with van der Waals surface area (Å²) in [6, 6.07) is 11.4. The predicted molar refractivity (Wildman–Crippen MR) is 125 cm³/mol. The highest BCUT2D eigenvalue weighted by Crippen LogP contribution is 2.44. The molecule has 0 unspecified atom stereocenters. The molecule has 3 fully saturated rings. The summed E-state index contributed by atoms with van der Waals surface area (Å²) < 4.78 is 5.41. The van der Waals surface area contributed by atoms with E-state index < -0.39 is 0 Å². The van der Waals surface area contributed by atoms with Crippen LogP contribution in [0.25, 0.3) is 0 Å². The molecule has 2 saturated heterocycles. The van der Waals surface area contributed by atoms with E-state index in [0.717, 1.165) is 58.5 Å². The van der Waals surface area contributed by atoms with Crippen LogP contribution < -0.4 is 5.32 Å². The molecule has 5 heteroatoms. The SMILES string of the molecule is O=C[C@@H](CCCCN1CCOCC1)NC1CCC2(CC1)CCN(Cc1ccccc1)C2. The third-order valence-electron chi connectivity index (χ3n) is 7.77. The molecule has 1 spiro atoms. The van der Waals surface area contributed by atoms with Crippen LogP contribution in [0.4, 0.5) is 0 Å². The van der Waals surface area contributed by atoms with Gasteiger partial charge < -0.3 is 14.8 Å². The average molecular weight is 428 g/mol. The molecule has 2 heterocycles. The number of hydrogen-bond acceptors (Lipinski definition) is 5. The molecule has 0 bridgehead atoms. The number of benzene rings is 1. The lowest BCUT2D eigenvalue weighted by Gasteiger charge is -2.38. The summed E-state index contributed by atoms with van der Waals surface area (Å²) in [4.78, 5) is 16.8. The Morgan fingerprint density at radius 3 is 2.55 bits per heavy atom. The van der Waals surface area contributed by atoms with Crippen molar-refractivity contribution in [2.75, 3.05) is 45.9 Å². The number of carbonyl (C=O) groups excluding carboxylic acids is 1. The quantitative estimate of drug-likeness (QED) is 0.458. The van der Waals surface area contributed by atoms with E-state index in [1.165, 1.54) is 57.2 Å². The van der Waals surface area contributed by atoms with Gasteiger partial charge in [0.1, 0.15) is 6.29 Å². The number of ether oxygens (including phenoxy) is 1. The Bertz CT molecular complexity index is 654. The van der Waals surface area contributed by atoms with Gasteiger partial charge in [0.05, 0.1) is 19.3 Å². The maximum absolute atomic E-state index is 11.6. The molecule has 1 N–H and O–H groups in total. The Balaban J connectivity index is 1.13. The summed E-state index contributed by atoms with van der Waals surface area (Å²) in [5.74, 6) is 0. The Morgan fingerprint density at radius 2 is 1.81 bits per heavy atom. The number of carbonyl (C=O) groups is 1. The van der Waals surface area contributed by atoms with E-state index >= 15 is 0 Å². The highest BCUT2D eigenvalue weighted by molar-refractivity contribution is 5.57. The fraction of sp³-hybridized carbons (Fsp3) is 0.731. The zero-order chi connectivity index (χ0) is 21.4. The molecule has 1 saturated carbocycles. The second kappa shape index (κ2) is 11.6. The van der Waals surface area contributed by atoms with E-state index in [1.54, 1.807) is 0 Å². The standard InChI is InChI=1S/C26H41N3O2/c30-21-25(8-4-5-14-28-16-18-31-19-17-28)27-24-9-11-26(12-10-24)13-15-29(22-26)20-23-6-2-1-3-7-23/h1-3,6-7,21,24-25,27H,4-5,8-20,22H2/t24?,25-,26?/m1/s1. The van der Waals surface area contributed by atoms with E-state index in [1.807, 2.05) is 0 Å². The molecule has 31 heavy (non-hydrogen) atoms. The summed E-state index contributed by atoms with van der Waals surface area (Å²) in [5, 5.41) is 3.69. The lowest BCUT2D eigenvalue weighted by Crippen LogP contribution is -2.44. The number of nitrogens with one attached hydrogen (secondary N) is 1. The molecule has 0 radical (unpaired) electrons. The van der Waals surface area contributed by atoms with Crippen molar-refractivity contribution < 1.29 is 9.53 Å². The highest BCUT2D eigenvalue weighted by atomic mass is 16.5. The second-order valence-electron chi connectivity index (χ2n) is 10.1. The molecule has 3 aliphatic rings. The van der Waals surface area contributed by atoms with E-state index in [0.29, 0.717) is 11.5 Å². The third kappa shape index (κ3) is 6.85. The first-order valence-corrected chi connectivity index (χ1v) is 12.5. The number of hydrogen-bond donors (Lipinski definition) is 1. The van der Waals surface area contributed by atoms with Crippen LogP contribution in [0.3, 0.4) is 0 Å². The number of morpholine rings is 1. The van der Waals surface area contributed by atoms with Crippen LogP contribution in [0.15, 0.2) is 30.3 Å². The van der Waals surface area contributed by atoms with E-state index in [-0.39, 0.29) is 6.04 Å². The van der Waals surface area contributed by atoms with Gasteiger partial charge >= 0.3 is 0 Å². The molecule has 4 rings (SSSR count). The monoisotopic (exact) mass is 427 g/mol. The van der Waals surface area contributed by atoms with Gasteiger partial charge in [-0.2, -0.15) is 0 Å². The van der Waals surface area contributed by atoms with E-state index in [9.17, 15) is 4.79 Å². The maximum atomic E-state index is 11.6. The van der Waals surface area contributed by atoms with Crippen molar-refractivity contribution in [3.63, 3.8) is 0 Å². The van der Waals surface area contributed by atoms with Crippen molar-refractivity contribution in [3.05, 3.63) is 35.9 Å². The molecule has 1 aromatic carbocycles. The van der Waals surface area contributed by atoms with E-state index in [2.05, 4.69) is 45.4 Å². The van der Waals surface area contributed by atoms with Crippen molar-refractivity contribution in [2.45, 2.75) is 70.0 Å². The van der Waals surface area contributed by atoms with Gasteiger partial charge in [0.2, 0.25) is 0 Å². The van der Waals surface area contributed by atoms with Crippen LogP contribution in [0.5, 0.6) is 0 Å². The first-order valence-electron chi connectivity index (χ1n) is 12.5. The predicted octanol–water partition coefficient (Wildman–Crippen LogP) is 3.48. The first kappa shape index (κ1) is 22.9. The number of rotatable bonds is 10. The molecule has 1 atom stereocenters. The highest BCUT2D eigenvalue weighted by Gasteiger charge is 2.40. The minimum absolute atomic E-state index is 0.0295. The summed E-state index contributed by atoms with van der Waals surface area (Å²) in [6.07, 6.45) is 10.8. The Morgan fingerprint density at radius 1 is 1.03 bits per heavy atom. The molecular weight excluding hydrogens is 386 g/mol. The Kier molecular flexibility index (Phi) is 8.54.